The molecule has 0 aliphatic carbocycles. The lowest BCUT2D eigenvalue weighted by Crippen LogP contribution is -2.61. The van der Waals surface area contributed by atoms with E-state index >= 15 is 0 Å². The summed E-state index contributed by atoms with van der Waals surface area (Å²) in [7, 11) is 0. The quantitative estimate of drug-likeness (QED) is 0.0613. The summed E-state index contributed by atoms with van der Waals surface area (Å²) in [5.74, 6) is -2.07. The first-order valence-corrected chi connectivity index (χ1v) is 15.5. The highest BCUT2D eigenvalue weighted by Crippen LogP contribution is 2.25. The van der Waals surface area contributed by atoms with E-state index in [-0.39, 0.29) is 48.9 Å². The number of hydrogen-bond acceptors (Lipinski definition) is 12. The number of rotatable bonds is 15. The Morgan fingerprint density at radius 2 is 1.69 bits per heavy atom. The number of nitrogens with one attached hydrogen (secondary N) is 2. The number of carbonyl (C=O) groups is 3. The summed E-state index contributed by atoms with van der Waals surface area (Å²) in [6, 6.07) is 10.8. The molecule has 0 saturated carbocycles. The number of phenols is 1. The molecule has 260 valence electrons. The number of carbonyl (C=O) groups excluding carboxylic acids is 2. The Bertz CT molecular complexity index is 1640. The number of aliphatic hydroxyl groups excluding tert-OH is 3. The smallest absolute Gasteiger partial charge is 0.340 e. The molecule has 2 heterocycles. The monoisotopic (exact) mass is 671 g/mol. The number of amides is 2. The number of carboxylic acid groups (broad SMARTS) is 1. The average Bonchev–Trinajstić information content (AvgIpc) is 3.04. The van der Waals surface area contributed by atoms with Gasteiger partial charge >= 0.3 is 11.6 Å². The number of aryl methyl sites for hydroxylation is 1. The van der Waals surface area contributed by atoms with Gasteiger partial charge in [0.1, 0.15) is 35.7 Å². The maximum atomic E-state index is 12.5. The predicted molar refractivity (Wildman–Crippen MR) is 171 cm³/mol. The highest BCUT2D eigenvalue weighted by atomic mass is 16.7. The van der Waals surface area contributed by atoms with Gasteiger partial charge in [-0.05, 0) is 55.2 Å². The van der Waals surface area contributed by atoms with Gasteiger partial charge in [0.15, 0.2) is 12.4 Å². The number of benzene rings is 2. The van der Waals surface area contributed by atoms with Crippen LogP contribution in [0.5, 0.6) is 5.75 Å². The zero-order valence-corrected chi connectivity index (χ0v) is 26.3. The molecule has 0 radical (unpaired) electrons. The van der Waals surface area contributed by atoms with E-state index in [1.807, 2.05) is 0 Å². The highest BCUT2D eigenvalue weighted by molar-refractivity contribution is 5.86. The summed E-state index contributed by atoms with van der Waals surface area (Å²) in [6.45, 7) is 1.84. The number of unbranched alkanes of at least 4 members (excludes halogenated alkanes) is 2. The molecule has 0 spiro atoms. The molecule has 0 bridgehead atoms. The van der Waals surface area contributed by atoms with Crippen LogP contribution in [0.2, 0.25) is 0 Å². The number of aromatic hydroxyl groups is 1. The number of aliphatic hydroxyl groups is 3. The molecule has 15 nitrogen and oxygen atoms in total. The first kappa shape index (κ1) is 36.3. The van der Waals surface area contributed by atoms with Crippen molar-refractivity contribution in [3.63, 3.8) is 0 Å². The topological polar surface area (TPSA) is 251 Å². The second-order valence-electron chi connectivity index (χ2n) is 11.7. The van der Waals surface area contributed by atoms with Gasteiger partial charge in [0.25, 0.3) is 0 Å². The summed E-state index contributed by atoms with van der Waals surface area (Å²) in [4.78, 5) is 49.2. The molecule has 1 fully saturated rings. The van der Waals surface area contributed by atoms with Crippen LogP contribution in [0, 0.1) is 6.92 Å². The number of nitrogens with two attached hydrogens (primary N) is 1. The molecular formula is C33H41N3O12. The third-order valence-electron chi connectivity index (χ3n) is 8.15. The lowest BCUT2D eigenvalue weighted by Gasteiger charge is -2.41. The number of phenolic OH excluding ortho intramolecular Hbond substituents is 1. The zero-order valence-electron chi connectivity index (χ0n) is 26.3. The average molecular weight is 672 g/mol. The fourth-order valence-corrected chi connectivity index (χ4v) is 5.36. The number of fused-ring (bicyclic) bond motifs is 1. The van der Waals surface area contributed by atoms with E-state index in [1.165, 1.54) is 24.3 Å². The van der Waals surface area contributed by atoms with Crippen LogP contribution in [0.4, 0.5) is 5.69 Å². The Balaban J connectivity index is 1.17. The van der Waals surface area contributed by atoms with Crippen molar-refractivity contribution < 1.29 is 53.8 Å². The normalized spacial score (nSPS) is 21.5. The molecule has 4 rings (SSSR count). The SMILES string of the molecule is Cc1c(CC(=O)NCCCCCC(=O)NC[C@H]2O[C@@H](OC(Cc3ccc(O)cc3)C(=O)O)[C@H](O)[C@@H](O)[C@H]2O)c(=O)oc2cc(N)ccc12. The van der Waals surface area contributed by atoms with Gasteiger partial charge in [0, 0.05) is 43.1 Å². The largest absolute Gasteiger partial charge is 0.508 e. The Kier molecular flexibility index (Phi) is 12.5. The van der Waals surface area contributed by atoms with Gasteiger partial charge in [-0.25, -0.2) is 9.59 Å². The number of ether oxygens (including phenoxy) is 2. The molecular weight excluding hydrogens is 630 g/mol. The summed E-state index contributed by atoms with van der Waals surface area (Å²) < 4.78 is 16.4. The van der Waals surface area contributed by atoms with Crippen LogP contribution in [0.3, 0.4) is 0 Å². The van der Waals surface area contributed by atoms with Crippen molar-refractivity contribution in [1.29, 1.82) is 0 Å². The zero-order chi connectivity index (χ0) is 35.0. The molecule has 2 amide bonds. The van der Waals surface area contributed by atoms with Crippen LogP contribution in [-0.4, -0.2) is 93.2 Å². The maximum absolute atomic E-state index is 12.5. The molecule has 2 aromatic carbocycles. The number of anilines is 1. The minimum absolute atomic E-state index is 0.00289. The summed E-state index contributed by atoms with van der Waals surface area (Å²) >= 11 is 0. The van der Waals surface area contributed by atoms with Gasteiger partial charge in [-0.3, -0.25) is 9.59 Å². The summed E-state index contributed by atoms with van der Waals surface area (Å²) in [6.07, 6.45) is -7.88. The van der Waals surface area contributed by atoms with Gasteiger partial charge in [-0.15, -0.1) is 0 Å². The standard InChI is InChI=1S/C33H41N3O12/c1-17-21-11-8-19(34)14-23(21)46-32(45)22(17)15-27(39)35-12-4-2-3-5-26(38)36-16-25-28(40)29(41)30(42)33(48-25)47-24(31(43)44)13-18-6-9-20(37)10-7-18/h6-11,14,24-25,28-30,33,37,40-42H,2-5,12-13,15-16,34H2,1H3,(H,35,39)(H,36,38)(H,43,44)/t24?,25-,28+,29+,30-,33-/m1/s1. The van der Waals surface area contributed by atoms with Crippen molar-refractivity contribution in [2.24, 2.45) is 0 Å². The fourth-order valence-electron chi connectivity index (χ4n) is 5.36. The molecule has 9 N–H and O–H groups in total. The van der Waals surface area contributed by atoms with Gasteiger partial charge in [-0.2, -0.15) is 0 Å². The molecule has 1 saturated heterocycles. The fraction of sp³-hybridized carbons (Fsp3) is 0.455. The van der Waals surface area contributed by atoms with Crippen LogP contribution in [-0.2, 0) is 36.7 Å². The minimum Gasteiger partial charge on any atom is -0.508 e. The number of aliphatic carboxylic acids is 1. The minimum atomic E-state index is -1.76. The third kappa shape index (κ3) is 9.51. The van der Waals surface area contributed by atoms with Crippen molar-refractivity contribution >= 4 is 34.4 Å². The van der Waals surface area contributed by atoms with E-state index in [2.05, 4.69) is 10.6 Å². The van der Waals surface area contributed by atoms with Gasteiger partial charge < -0.3 is 55.8 Å². The van der Waals surface area contributed by atoms with E-state index in [1.54, 1.807) is 25.1 Å². The van der Waals surface area contributed by atoms with Gasteiger partial charge in [0.2, 0.25) is 11.8 Å². The molecule has 1 aromatic heterocycles. The lowest BCUT2D eigenvalue weighted by atomic mass is 9.98. The number of nitrogen functional groups attached to an aromatic ring is 1. The molecule has 1 aliphatic heterocycles. The van der Waals surface area contributed by atoms with Crippen molar-refractivity contribution in [2.45, 2.75) is 82.3 Å². The van der Waals surface area contributed by atoms with Crippen molar-refractivity contribution in [1.82, 2.24) is 10.6 Å². The van der Waals surface area contributed by atoms with Crippen LogP contribution in [0.15, 0.2) is 51.7 Å². The van der Waals surface area contributed by atoms with E-state index < -0.39 is 48.4 Å². The highest BCUT2D eigenvalue weighted by Gasteiger charge is 2.45. The Hall–Kier alpha value is -4.54. The van der Waals surface area contributed by atoms with Crippen LogP contribution < -0.4 is 22.0 Å². The Morgan fingerprint density at radius 3 is 2.40 bits per heavy atom. The molecule has 1 aliphatic rings. The first-order valence-electron chi connectivity index (χ1n) is 15.5. The number of hydrogen-bond donors (Lipinski definition) is 8. The van der Waals surface area contributed by atoms with Crippen molar-refractivity contribution in [2.75, 3.05) is 18.8 Å². The predicted octanol–water partition coefficient (Wildman–Crippen LogP) is 0.245. The van der Waals surface area contributed by atoms with Crippen molar-refractivity contribution in [3.05, 3.63) is 69.6 Å². The molecule has 15 heteroatoms. The molecule has 1 unspecified atom stereocenters. The maximum Gasteiger partial charge on any atom is 0.340 e. The molecule has 3 aromatic rings. The Labute approximate surface area is 275 Å². The second-order valence-corrected chi connectivity index (χ2v) is 11.7. The summed E-state index contributed by atoms with van der Waals surface area (Å²) in [5, 5.41) is 56.3. The third-order valence-corrected chi connectivity index (χ3v) is 8.15. The molecule has 6 atom stereocenters. The van der Waals surface area contributed by atoms with E-state index in [0.29, 0.717) is 53.6 Å². The van der Waals surface area contributed by atoms with Crippen LogP contribution >= 0.6 is 0 Å². The van der Waals surface area contributed by atoms with Gasteiger partial charge in [-0.1, -0.05) is 18.6 Å². The first-order chi connectivity index (χ1) is 22.8. The lowest BCUT2D eigenvalue weighted by molar-refractivity contribution is -0.304. The Morgan fingerprint density at radius 1 is 0.958 bits per heavy atom. The van der Waals surface area contributed by atoms with E-state index in [4.69, 9.17) is 19.6 Å². The van der Waals surface area contributed by atoms with Crippen LogP contribution in [0.25, 0.3) is 11.0 Å². The van der Waals surface area contributed by atoms with Crippen LogP contribution in [0.1, 0.15) is 42.4 Å². The number of carboxylic acids is 1. The van der Waals surface area contributed by atoms with E-state index in [9.17, 15) is 44.7 Å². The molecule has 48 heavy (non-hydrogen) atoms. The van der Waals surface area contributed by atoms with Gasteiger partial charge in [0.05, 0.1) is 12.0 Å². The summed E-state index contributed by atoms with van der Waals surface area (Å²) in [5.41, 5.74) is 7.41. The van der Waals surface area contributed by atoms with Crippen molar-refractivity contribution in [3.8, 4) is 5.75 Å². The van der Waals surface area contributed by atoms with E-state index in [0.717, 1.165) is 0 Å². The second kappa shape index (κ2) is 16.5.